The molecule has 2 aromatic rings. The highest BCUT2D eigenvalue weighted by molar-refractivity contribution is 5.93. The predicted octanol–water partition coefficient (Wildman–Crippen LogP) is 1.83. The van der Waals surface area contributed by atoms with Crippen molar-refractivity contribution >= 4 is 5.91 Å². The number of amides is 1. The zero-order valence-corrected chi connectivity index (χ0v) is 14.4. The van der Waals surface area contributed by atoms with Crippen molar-refractivity contribution < 1.29 is 14.3 Å². The van der Waals surface area contributed by atoms with E-state index in [1.807, 2.05) is 45.0 Å². The van der Waals surface area contributed by atoms with Crippen molar-refractivity contribution in [3.05, 3.63) is 35.7 Å². The average Bonchev–Trinajstić information content (AvgIpc) is 2.94. The van der Waals surface area contributed by atoms with Gasteiger partial charge in [-0.1, -0.05) is 17.3 Å². The topological polar surface area (TPSA) is 69.5 Å². The molecule has 2 heterocycles. The second-order valence-corrected chi connectivity index (χ2v) is 6.07. The summed E-state index contributed by atoms with van der Waals surface area (Å²) >= 11 is 0. The number of rotatable bonds is 3. The van der Waals surface area contributed by atoms with Crippen LogP contribution in [0.3, 0.4) is 0 Å². The van der Waals surface area contributed by atoms with Crippen LogP contribution in [0.2, 0.25) is 0 Å². The molecular formula is C17H22N4O3. The SMILES string of the molecule is COc1ccccc1-n1nnc(C(=O)N2C[C@@H](C)O[C@@H](C)C2)c1C. The molecule has 1 aliphatic rings. The first-order valence-electron chi connectivity index (χ1n) is 8.01. The third kappa shape index (κ3) is 2.99. The Morgan fingerprint density at radius 1 is 1.25 bits per heavy atom. The lowest BCUT2D eigenvalue weighted by molar-refractivity contribution is -0.0587. The minimum Gasteiger partial charge on any atom is -0.494 e. The minimum absolute atomic E-state index is 0.0160. The van der Waals surface area contributed by atoms with Crippen LogP contribution >= 0.6 is 0 Å². The van der Waals surface area contributed by atoms with Gasteiger partial charge in [0.15, 0.2) is 5.69 Å². The zero-order chi connectivity index (χ0) is 17.3. The maximum absolute atomic E-state index is 12.8. The van der Waals surface area contributed by atoms with Gasteiger partial charge in [0, 0.05) is 13.1 Å². The summed E-state index contributed by atoms with van der Waals surface area (Å²) in [5, 5.41) is 8.27. The van der Waals surface area contributed by atoms with Crippen molar-refractivity contribution in [2.24, 2.45) is 0 Å². The van der Waals surface area contributed by atoms with Gasteiger partial charge in [-0.2, -0.15) is 0 Å². The van der Waals surface area contributed by atoms with Crippen molar-refractivity contribution in [1.82, 2.24) is 19.9 Å². The van der Waals surface area contributed by atoms with E-state index in [4.69, 9.17) is 9.47 Å². The highest BCUT2D eigenvalue weighted by Crippen LogP contribution is 2.24. The van der Waals surface area contributed by atoms with E-state index in [-0.39, 0.29) is 18.1 Å². The molecule has 3 rings (SSSR count). The molecule has 1 aromatic carbocycles. The average molecular weight is 330 g/mol. The van der Waals surface area contributed by atoms with E-state index >= 15 is 0 Å². The van der Waals surface area contributed by atoms with Crippen LogP contribution in [-0.4, -0.2) is 58.2 Å². The summed E-state index contributed by atoms with van der Waals surface area (Å²) in [6.07, 6.45) is 0.0320. The first-order valence-corrected chi connectivity index (χ1v) is 8.01. The van der Waals surface area contributed by atoms with Crippen LogP contribution < -0.4 is 4.74 Å². The quantitative estimate of drug-likeness (QED) is 0.859. The third-order valence-electron chi connectivity index (χ3n) is 4.12. The molecule has 0 bridgehead atoms. The fraction of sp³-hybridized carbons (Fsp3) is 0.471. The first kappa shape index (κ1) is 16.4. The van der Waals surface area contributed by atoms with Crippen molar-refractivity contribution in [3.8, 4) is 11.4 Å². The van der Waals surface area contributed by atoms with Gasteiger partial charge >= 0.3 is 0 Å². The van der Waals surface area contributed by atoms with E-state index in [1.54, 1.807) is 16.7 Å². The fourth-order valence-corrected chi connectivity index (χ4v) is 3.05. The first-order chi connectivity index (χ1) is 11.5. The van der Waals surface area contributed by atoms with Crippen LogP contribution in [0.4, 0.5) is 0 Å². The number of carbonyl (C=O) groups excluding carboxylic acids is 1. The van der Waals surface area contributed by atoms with Crippen LogP contribution in [0.5, 0.6) is 5.75 Å². The van der Waals surface area contributed by atoms with E-state index in [1.165, 1.54) is 0 Å². The van der Waals surface area contributed by atoms with Crippen LogP contribution in [0, 0.1) is 6.92 Å². The molecule has 24 heavy (non-hydrogen) atoms. The highest BCUT2D eigenvalue weighted by Gasteiger charge is 2.30. The number of morpholine rings is 1. The van der Waals surface area contributed by atoms with Crippen LogP contribution in [0.25, 0.3) is 5.69 Å². The van der Waals surface area contributed by atoms with E-state index in [0.717, 1.165) is 5.69 Å². The molecule has 0 radical (unpaired) electrons. The monoisotopic (exact) mass is 330 g/mol. The Balaban J connectivity index is 1.91. The molecule has 7 heteroatoms. The summed E-state index contributed by atoms with van der Waals surface area (Å²) in [6.45, 7) is 6.89. The van der Waals surface area contributed by atoms with Gasteiger partial charge in [-0.05, 0) is 32.9 Å². The summed E-state index contributed by atoms with van der Waals surface area (Å²) < 4.78 is 12.7. The van der Waals surface area contributed by atoms with Gasteiger partial charge < -0.3 is 14.4 Å². The smallest absolute Gasteiger partial charge is 0.276 e. The number of benzene rings is 1. The maximum atomic E-state index is 12.8. The lowest BCUT2D eigenvalue weighted by Gasteiger charge is -2.34. The maximum Gasteiger partial charge on any atom is 0.276 e. The van der Waals surface area contributed by atoms with Crippen molar-refractivity contribution in [2.75, 3.05) is 20.2 Å². The zero-order valence-electron chi connectivity index (χ0n) is 14.4. The number of methoxy groups -OCH3 is 1. The normalized spacial score (nSPS) is 20.9. The molecule has 0 saturated carbocycles. The molecule has 1 saturated heterocycles. The molecule has 0 unspecified atom stereocenters. The lowest BCUT2D eigenvalue weighted by atomic mass is 10.2. The summed E-state index contributed by atoms with van der Waals surface area (Å²) in [5.41, 5.74) is 1.81. The van der Waals surface area contributed by atoms with E-state index in [0.29, 0.717) is 30.2 Å². The van der Waals surface area contributed by atoms with E-state index in [9.17, 15) is 4.79 Å². The van der Waals surface area contributed by atoms with Crippen molar-refractivity contribution in [2.45, 2.75) is 33.0 Å². The number of nitrogens with zero attached hydrogens (tertiary/aromatic N) is 4. The largest absolute Gasteiger partial charge is 0.494 e. The Morgan fingerprint density at radius 3 is 2.58 bits per heavy atom. The number of carbonyl (C=O) groups is 1. The number of hydrogen-bond acceptors (Lipinski definition) is 5. The van der Waals surface area contributed by atoms with Crippen LogP contribution in [0.1, 0.15) is 30.0 Å². The molecule has 1 amide bonds. The van der Waals surface area contributed by atoms with Crippen LogP contribution in [-0.2, 0) is 4.74 Å². The van der Waals surface area contributed by atoms with Crippen LogP contribution in [0.15, 0.2) is 24.3 Å². The van der Waals surface area contributed by atoms with Gasteiger partial charge in [0.1, 0.15) is 11.4 Å². The Bertz CT molecular complexity index is 733. The molecule has 128 valence electrons. The fourth-order valence-electron chi connectivity index (χ4n) is 3.05. The summed E-state index contributed by atoms with van der Waals surface area (Å²) in [7, 11) is 1.60. The van der Waals surface area contributed by atoms with E-state index in [2.05, 4.69) is 10.3 Å². The minimum atomic E-state index is -0.115. The van der Waals surface area contributed by atoms with Gasteiger partial charge in [-0.15, -0.1) is 5.10 Å². The summed E-state index contributed by atoms with van der Waals surface area (Å²) in [6, 6.07) is 7.51. The molecule has 1 aromatic heterocycles. The van der Waals surface area contributed by atoms with Gasteiger partial charge in [0.2, 0.25) is 0 Å². The van der Waals surface area contributed by atoms with Gasteiger partial charge in [-0.25, -0.2) is 4.68 Å². The lowest BCUT2D eigenvalue weighted by Crippen LogP contribution is -2.48. The summed E-state index contributed by atoms with van der Waals surface area (Å²) in [4.78, 5) is 14.6. The second kappa shape index (κ2) is 6.60. The Kier molecular flexibility index (Phi) is 4.53. The number of para-hydroxylation sites is 2. The Morgan fingerprint density at radius 2 is 1.92 bits per heavy atom. The van der Waals surface area contributed by atoms with Gasteiger partial charge in [0.25, 0.3) is 5.91 Å². The number of aromatic nitrogens is 3. The summed E-state index contributed by atoms with van der Waals surface area (Å²) in [5.74, 6) is 0.564. The van der Waals surface area contributed by atoms with Gasteiger partial charge in [0.05, 0.1) is 25.0 Å². The number of hydrogen-bond donors (Lipinski definition) is 0. The standard InChI is InChI=1S/C17H22N4O3/c1-11-9-20(10-12(2)24-11)17(22)16-13(3)21(19-18-16)14-7-5-6-8-15(14)23-4/h5-8,11-12H,9-10H2,1-4H3/t11-,12+. The number of ether oxygens (including phenoxy) is 2. The third-order valence-corrected chi connectivity index (χ3v) is 4.12. The molecule has 7 nitrogen and oxygen atoms in total. The highest BCUT2D eigenvalue weighted by atomic mass is 16.5. The predicted molar refractivity (Wildman–Crippen MR) is 88.6 cm³/mol. The second-order valence-electron chi connectivity index (χ2n) is 6.07. The molecule has 2 atom stereocenters. The molecule has 1 aliphatic heterocycles. The van der Waals surface area contributed by atoms with Gasteiger partial charge in [-0.3, -0.25) is 4.79 Å². The van der Waals surface area contributed by atoms with E-state index < -0.39 is 0 Å². The molecule has 0 spiro atoms. The molecular weight excluding hydrogens is 308 g/mol. The molecule has 0 N–H and O–H groups in total. The van der Waals surface area contributed by atoms with Crippen molar-refractivity contribution in [1.29, 1.82) is 0 Å². The van der Waals surface area contributed by atoms with Crippen molar-refractivity contribution in [3.63, 3.8) is 0 Å². The molecule has 0 aliphatic carbocycles. The molecule has 1 fully saturated rings. The Hall–Kier alpha value is -2.41. The Labute approximate surface area is 141 Å².